The van der Waals surface area contributed by atoms with E-state index in [1.807, 2.05) is 12.1 Å². The molecule has 0 bridgehead atoms. The number of hydrogen-bond acceptors (Lipinski definition) is 2. The molecule has 3 nitrogen and oxygen atoms in total. The van der Waals surface area contributed by atoms with E-state index in [0.29, 0.717) is 6.42 Å². The summed E-state index contributed by atoms with van der Waals surface area (Å²) in [5.74, 6) is -0.0219. The van der Waals surface area contributed by atoms with Crippen molar-refractivity contribution in [2.75, 3.05) is 7.05 Å². The summed E-state index contributed by atoms with van der Waals surface area (Å²) in [5, 5.41) is 0. The Bertz CT molecular complexity index is 509. The Kier molecular flexibility index (Phi) is 2.12. The van der Waals surface area contributed by atoms with Gasteiger partial charge in [0.1, 0.15) is 0 Å². The Morgan fingerprint density at radius 2 is 1.82 bits per heavy atom. The third-order valence-corrected chi connectivity index (χ3v) is 4.14. The van der Waals surface area contributed by atoms with Gasteiger partial charge in [0.05, 0.1) is 5.41 Å². The number of likely N-dealkylation sites (tertiary alicyclic amines) is 1. The molecule has 1 aliphatic carbocycles. The first kappa shape index (κ1) is 10.5. The van der Waals surface area contributed by atoms with Gasteiger partial charge in [-0.25, -0.2) is 0 Å². The highest BCUT2D eigenvalue weighted by Gasteiger charge is 2.51. The van der Waals surface area contributed by atoms with Gasteiger partial charge in [-0.3, -0.25) is 14.5 Å². The molecule has 88 valence electrons. The second-order valence-electron chi connectivity index (χ2n) is 5.16. The standard InChI is InChI=1S/C14H15NO2/c1-15-12(16)9-14(13(15)17)7-6-10-4-2-3-5-11(10)8-14/h2-5H,6-9H2,1H3. The summed E-state index contributed by atoms with van der Waals surface area (Å²) in [6.45, 7) is 0. The van der Waals surface area contributed by atoms with Crippen molar-refractivity contribution in [2.24, 2.45) is 5.41 Å². The zero-order valence-corrected chi connectivity index (χ0v) is 9.90. The average Bonchev–Trinajstić information content (AvgIpc) is 2.54. The van der Waals surface area contributed by atoms with E-state index in [1.54, 1.807) is 7.05 Å². The second kappa shape index (κ2) is 3.42. The second-order valence-corrected chi connectivity index (χ2v) is 5.16. The number of aryl methyl sites for hydroxylation is 1. The van der Waals surface area contributed by atoms with Crippen LogP contribution in [0.4, 0.5) is 0 Å². The van der Waals surface area contributed by atoms with Crippen molar-refractivity contribution < 1.29 is 9.59 Å². The Labute approximate surface area is 100 Å². The van der Waals surface area contributed by atoms with Crippen molar-refractivity contribution in [1.82, 2.24) is 4.90 Å². The van der Waals surface area contributed by atoms with E-state index in [9.17, 15) is 9.59 Å². The van der Waals surface area contributed by atoms with Crippen molar-refractivity contribution in [3.05, 3.63) is 35.4 Å². The van der Waals surface area contributed by atoms with Crippen molar-refractivity contribution in [2.45, 2.75) is 25.7 Å². The summed E-state index contributed by atoms with van der Waals surface area (Å²) in [5.41, 5.74) is 2.11. The molecule has 1 fully saturated rings. The van der Waals surface area contributed by atoms with Gasteiger partial charge in [-0.05, 0) is 30.4 Å². The van der Waals surface area contributed by atoms with Gasteiger partial charge >= 0.3 is 0 Å². The van der Waals surface area contributed by atoms with Gasteiger partial charge in [-0.2, -0.15) is 0 Å². The first-order chi connectivity index (χ1) is 8.12. The quantitative estimate of drug-likeness (QED) is 0.633. The molecule has 1 heterocycles. The van der Waals surface area contributed by atoms with Crippen LogP contribution in [0, 0.1) is 5.41 Å². The predicted octanol–water partition coefficient (Wildman–Crippen LogP) is 1.55. The van der Waals surface area contributed by atoms with Crippen LogP contribution >= 0.6 is 0 Å². The molecule has 2 amide bonds. The molecule has 1 unspecified atom stereocenters. The van der Waals surface area contributed by atoms with Gasteiger partial charge < -0.3 is 0 Å². The molecule has 1 atom stereocenters. The Morgan fingerprint density at radius 1 is 1.12 bits per heavy atom. The highest BCUT2D eigenvalue weighted by molar-refractivity contribution is 6.05. The van der Waals surface area contributed by atoms with Gasteiger partial charge in [0, 0.05) is 13.5 Å². The number of carbonyl (C=O) groups excluding carboxylic acids is 2. The number of benzene rings is 1. The molecule has 17 heavy (non-hydrogen) atoms. The molecule has 1 aromatic carbocycles. The summed E-state index contributed by atoms with van der Waals surface area (Å²) in [6, 6.07) is 8.23. The van der Waals surface area contributed by atoms with Crippen LogP contribution in [0.5, 0.6) is 0 Å². The van der Waals surface area contributed by atoms with Crippen molar-refractivity contribution in [3.63, 3.8) is 0 Å². The van der Waals surface area contributed by atoms with Crippen LogP contribution in [0.25, 0.3) is 0 Å². The van der Waals surface area contributed by atoms with Crippen molar-refractivity contribution >= 4 is 11.8 Å². The van der Waals surface area contributed by atoms with Gasteiger partial charge in [0.15, 0.2) is 0 Å². The fourth-order valence-corrected chi connectivity index (χ4v) is 3.09. The van der Waals surface area contributed by atoms with Crippen LogP contribution < -0.4 is 0 Å². The summed E-state index contributed by atoms with van der Waals surface area (Å²) in [6.07, 6.45) is 2.82. The molecule has 0 radical (unpaired) electrons. The average molecular weight is 229 g/mol. The number of rotatable bonds is 0. The van der Waals surface area contributed by atoms with Gasteiger partial charge in [-0.15, -0.1) is 0 Å². The highest BCUT2D eigenvalue weighted by atomic mass is 16.2. The molecule has 1 saturated heterocycles. The third-order valence-electron chi connectivity index (χ3n) is 4.14. The number of carbonyl (C=O) groups is 2. The third kappa shape index (κ3) is 1.42. The molecule has 1 aromatic rings. The fraction of sp³-hybridized carbons (Fsp3) is 0.429. The summed E-state index contributed by atoms with van der Waals surface area (Å²) in [4.78, 5) is 25.2. The van der Waals surface area contributed by atoms with Gasteiger partial charge in [0.2, 0.25) is 11.8 Å². The lowest BCUT2D eigenvalue weighted by Gasteiger charge is -2.31. The zero-order chi connectivity index (χ0) is 12.0. The number of imide groups is 1. The van der Waals surface area contributed by atoms with E-state index in [1.165, 1.54) is 16.0 Å². The molecule has 0 aromatic heterocycles. The molecular formula is C14H15NO2. The number of nitrogens with zero attached hydrogens (tertiary/aromatic N) is 1. The SMILES string of the molecule is CN1C(=O)CC2(CCc3ccccc3C2)C1=O. The minimum Gasteiger partial charge on any atom is -0.285 e. The lowest BCUT2D eigenvalue weighted by Crippen LogP contribution is -2.37. The lowest BCUT2D eigenvalue weighted by atomic mass is 9.70. The summed E-state index contributed by atoms with van der Waals surface area (Å²) in [7, 11) is 1.60. The van der Waals surface area contributed by atoms with E-state index < -0.39 is 5.41 Å². The van der Waals surface area contributed by atoms with Crippen LogP contribution in [0.1, 0.15) is 24.0 Å². The number of fused-ring (bicyclic) bond motifs is 1. The Morgan fingerprint density at radius 3 is 2.47 bits per heavy atom. The number of hydrogen-bond donors (Lipinski definition) is 0. The maximum atomic E-state index is 12.2. The maximum absolute atomic E-state index is 12.2. The first-order valence-corrected chi connectivity index (χ1v) is 6.00. The van der Waals surface area contributed by atoms with Gasteiger partial charge in [-0.1, -0.05) is 24.3 Å². The largest absolute Gasteiger partial charge is 0.285 e. The molecule has 3 heteroatoms. The van der Waals surface area contributed by atoms with E-state index in [0.717, 1.165) is 19.3 Å². The first-order valence-electron chi connectivity index (χ1n) is 6.00. The van der Waals surface area contributed by atoms with Crippen LogP contribution in [0.15, 0.2) is 24.3 Å². The molecule has 0 saturated carbocycles. The van der Waals surface area contributed by atoms with Crippen LogP contribution in [0.2, 0.25) is 0 Å². The van der Waals surface area contributed by atoms with E-state index in [-0.39, 0.29) is 11.8 Å². The van der Waals surface area contributed by atoms with Crippen LogP contribution in [-0.2, 0) is 22.4 Å². The molecule has 1 spiro atoms. The van der Waals surface area contributed by atoms with E-state index in [2.05, 4.69) is 12.1 Å². The molecule has 2 aliphatic rings. The maximum Gasteiger partial charge on any atom is 0.235 e. The van der Waals surface area contributed by atoms with Crippen molar-refractivity contribution in [1.29, 1.82) is 0 Å². The normalized spacial score (nSPS) is 27.7. The fourth-order valence-electron chi connectivity index (χ4n) is 3.09. The molecule has 0 N–H and O–H groups in total. The Balaban J connectivity index is 1.99. The topological polar surface area (TPSA) is 37.4 Å². The highest BCUT2D eigenvalue weighted by Crippen LogP contribution is 2.43. The molecular weight excluding hydrogens is 214 g/mol. The van der Waals surface area contributed by atoms with E-state index in [4.69, 9.17) is 0 Å². The predicted molar refractivity (Wildman–Crippen MR) is 63.3 cm³/mol. The van der Waals surface area contributed by atoms with E-state index >= 15 is 0 Å². The lowest BCUT2D eigenvalue weighted by molar-refractivity contribution is -0.140. The monoisotopic (exact) mass is 229 g/mol. The zero-order valence-electron chi connectivity index (χ0n) is 9.90. The number of amides is 2. The van der Waals surface area contributed by atoms with Crippen molar-refractivity contribution in [3.8, 4) is 0 Å². The minimum atomic E-state index is -0.444. The molecule has 1 aliphatic heterocycles. The van der Waals surface area contributed by atoms with Crippen LogP contribution in [0.3, 0.4) is 0 Å². The summed E-state index contributed by atoms with van der Waals surface area (Å²) < 4.78 is 0. The van der Waals surface area contributed by atoms with Gasteiger partial charge in [0.25, 0.3) is 0 Å². The van der Waals surface area contributed by atoms with Crippen LogP contribution in [-0.4, -0.2) is 23.8 Å². The summed E-state index contributed by atoms with van der Waals surface area (Å²) >= 11 is 0. The smallest absolute Gasteiger partial charge is 0.235 e. The minimum absolute atomic E-state index is 0.0111. The molecule has 3 rings (SSSR count). The Hall–Kier alpha value is -1.64.